The number of anilines is 1. The van der Waals surface area contributed by atoms with Crippen LogP contribution in [0.5, 0.6) is 11.5 Å². The van der Waals surface area contributed by atoms with Gasteiger partial charge in [0.2, 0.25) is 0 Å². The van der Waals surface area contributed by atoms with Crippen molar-refractivity contribution in [2.75, 3.05) is 12.4 Å². The number of rotatable bonds is 7. The Morgan fingerprint density at radius 1 is 0.885 bits per heavy atom. The van der Waals surface area contributed by atoms with Crippen molar-refractivity contribution in [3.05, 3.63) is 90.0 Å². The molecule has 3 rings (SSSR count). The number of hydrogen-bond acceptors (Lipinski definition) is 4. The molecule has 0 bridgehead atoms. The minimum Gasteiger partial charge on any atom is -0.495 e. The molecule has 0 aliphatic heterocycles. The van der Waals surface area contributed by atoms with Crippen molar-refractivity contribution in [1.29, 1.82) is 5.26 Å². The topological polar surface area (TPSA) is 54.3 Å². The van der Waals surface area contributed by atoms with E-state index >= 15 is 0 Å². The van der Waals surface area contributed by atoms with Crippen LogP contribution in [0.15, 0.2) is 78.9 Å². The van der Waals surface area contributed by atoms with Crippen LogP contribution in [0, 0.1) is 11.3 Å². The van der Waals surface area contributed by atoms with Crippen molar-refractivity contribution in [3.63, 3.8) is 0 Å². The van der Waals surface area contributed by atoms with Gasteiger partial charge in [0.05, 0.1) is 18.9 Å². The quantitative estimate of drug-likeness (QED) is 0.659. The summed E-state index contributed by atoms with van der Waals surface area (Å²) in [5.41, 5.74) is 2.63. The molecule has 26 heavy (non-hydrogen) atoms. The van der Waals surface area contributed by atoms with Crippen molar-refractivity contribution in [3.8, 4) is 17.6 Å². The largest absolute Gasteiger partial charge is 0.495 e. The summed E-state index contributed by atoms with van der Waals surface area (Å²) >= 11 is 0. The van der Waals surface area contributed by atoms with Crippen molar-refractivity contribution in [2.45, 2.75) is 12.6 Å². The molecular formula is C22H20N2O2. The number of nitriles is 1. The van der Waals surface area contributed by atoms with Crippen LogP contribution in [-0.4, -0.2) is 7.11 Å². The van der Waals surface area contributed by atoms with E-state index in [4.69, 9.17) is 9.47 Å². The molecule has 0 amide bonds. The Labute approximate surface area is 153 Å². The van der Waals surface area contributed by atoms with Gasteiger partial charge in [-0.25, -0.2) is 0 Å². The van der Waals surface area contributed by atoms with Gasteiger partial charge in [-0.1, -0.05) is 60.7 Å². The molecule has 3 aromatic rings. The molecule has 1 N–H and O–H groups in total. The molecule has 4 nitrogen and oxygen atoms in total. The summed E-state index contributed by atoms with van der Waals surface area (Å²) in [6, 6.07) is 26.8. The number of para-hydroxylation sites is 3. The van der Waals surface area contributed by atoms with Crippen LogP contribution in [0.3, 0.4) is 0 Å². The van der Waals surface area contributed by atoms with E-state index in [9.17, 15) is 5.26 Å². The Balaban J connectivity index is 1.81. The predicted octanol–water partition coefficient (Wildman–Crippen LogP) is 4.95. The molecular weight excluding hydrogens is 324 g/mol. The number of methoxy groups -OCH3 is 1. The van der Waals surface area contributed by atoms with Gasteiger partial charge in [-0.3, -0.25) is 0 Å². The molecule has 0 spiro atoms. The second kappa shape index (κ2) is 8.59. The van der Waals surface area contributed by atoms with E-state index in [1.807, 2.05) is 78.9 Å². The molecule has 0 saturated heterocycles. The maximum Gasteiger partial charge on any atom is 0.143 e. The molecule has 0 aromatic heterocycles. The second-order valence-electron chi connectivity index (χ2n) is 5.72. The Hall–Kier alpha value is -3.45. The van der Waals surface area contributed by atoms with Crippen LogP contribution in [0.4, 0.5) is 5.69 Å². The summed E-state index contributed by atoms with van der Waals surface area (Å²) in [5.74, 6) is 1.38. The molecule has 0 saturated carbocycles. The predicted molar refractivity (Wildman–Crippen MR) is 102 cm³/mol. The minimum atomic E-state index is -0.557. The summed E-state index contributed by atoms with van der Waals surface area (Å²) < 4.78 is 11.3. The zero-order valence-corrected chi connectivity index (χ0v) is 14.6. The maximum atomic E-state index is 9.71. The first-order valence-corrected chi connectivity index (χ1v) is 8.36. The number of benzene rings is 3. The van der Waals surface area contributed by atoms with Crippen LogP contribution in [0.2, 0.25) is 0 Å². The summed E-state index contributed by atoms with van der Waals surface area (Å²) in [6.45, 7) is 0.449. The smallest absolute Gasteiger partial charge is 0.143 e. The van der Waals surface area contributed by atoms with Gasteiger partial charge < -0.3 is 14.8 Å². The molecule has 4 heteroatoms. The van der Waals surface area contributed by atoms with E-state index in [1.165, 1.54) is 0 Å². The zero-order chi connectivity index (χ0) is 18.2. The van der Waals surface area contributed by atoms with Gasteiger partial charge in [-0.2, -0.15) is 5.26 Å². The SMILES string of the molecule is COc1ccccc1N[C@@H](C#N)c1ccccc1OCc1ccccc1. The van der Waals surface area contributed by atoms with Crippen LogP contribution in [0.1, 0.15) is 17.2 Å². The van der Waals surface area contributed by atoms with Gasteiger partial charge >= 0.3 is 0 Å². The summed E-state index contributed by atoms with van der Waals surface area (Å²) in [5, 5.41) is 12.9. The lowest BCUT2D eigenvalue weighted by Crippen LogP contribution is -2.11. The minimum absolute atomic E-state index is 0.449. The fraction of sp³-hybridized carbons (Fsp3) is 0.136. The van der Waals surface area contributed by atoms with E-state index in [-0.39, 0.29) is 0 Å². The molecule has 0 fully saturated rings. The van der Waals surface area contributed by atoms with Crippen LogP contribution in [-0.2, 0) is 6.61 Å². The summed E-state index contributed by atoms with van der Waals surface area (Å²) in [7, 11) is 1.61. The lowest BCUT2D eigenvalue weighted by molar-refractivity contribution is 0.302. The highest BCUT2D eigenvalue weighted by atomic mass is 16.5. The third-order valence-corrected chi connectivity index (χ3v) is 4.00. The average Bonchev–Trinajstić information content (AvgIpc) is 2.72. The molecule has 0 aliphatic carbocycles. The summed E-state index contributed by atoms with van der Waals surface area (Å²) in [4.78, 5) is 0. The standard InChI is InChI=1S/C22H20N2O2/c1-25-22-14-8-6-12-19(22)24-20(15-23)18-11-5-7-13-21(18)26-16-17-9-3-2-4-10-17/h2-14,20,24H,16H2,1H3/t20-/m0/s1. The highest BCUT2D eigenvalue weighted by molar-refractivity contribution is 5.59. The Morgan fingerprint density at radius 2 is 1.54 bits per heavy atom. The molecule has 0 heterocycles. The average molecular weight is 344 g/mol. The van der Waals surface area contributed by atoms with E-state index in [0.29, 0.717) is 18.1 Å². The van der Waals surface area contributed by atoms with Gasteiger partial charge in [-0.05, 0) is 23.8 Å². The van der Waals surface area contributed by atoms with E-state index in [1.54, 1.807) is 7.11 Å². The van der Waals surface area contributed by atoms with Gasteiger partial charge in [0.1, 0.15) is 24.1 Å². The monoisotopic (exact) mass is 344 g/mol. The highest BCUT2D eigenvalue weighted by Crippen LogP contribution is 2.31. The first-order valence-electron chi connectivity index (χ1n) is 8.36. The number of ether oxygens (including phenoxy) is 2. The first-order chi connectivity index (χ1) is 12.8. The number of nitrogens with one attached hydrogen (secondary N) is 1. The molecule has 0 unspecified atom stereocenters. The molecule has 0 radical (unpaired) electrons. The normalized spacial score (nSPS) is 11.2. The molecule has 130 valence electrons. The Bertz CT molecular complexity index is 888. The van der Waals surface area contributed by atoms with Gasteiger partial charge in [0.25, 0.3) is 0 Å². The fourth-order valence-corrected chi connectivity index (χ4v) is 2.68. The lowest BCUT2D eigenvalue weighted by atomic mass is 10.1. The lowest BCUT2D eigenvalue weighted by Gasteiger charge is -2.19. The van der Waals surface area contributed by atoms with Crippen LogP contribution < -0.4 is 14.8 Å². The van der Waals surface area contributed by atoms with Crippen LogP contribution >= 0.6 is 0 Å². The maximum absolute atomic E-state index is 9.71. The van der Waals surface area contributed by atoms with E-state index in [0.717, 1.165) is 16.8 Å². The Morgan fingerprint density at radius 3 is 2.27 bits per heavy atom. The second-order valence-corrected chi connectivity index (χ2v) is 5.72. The number of nitrogens with zero attached hydrogens (tertiary/aromatic N) is 1. The molecule has 1 atom stereocenters. The third-order valence-electron chi connectivity index (χ3n) is 4.00. The molecule has 3 aromatic carbocycles. The first kappa shape index (κ1) is 17.4. The van der Waals surface area contributed by atoms with Crippen molar-refractivity contribution >= 4 is 5.69 Å². The van der Waals surface area contributed by atoms with Gasteiger partial charge in [0.15, 0.2) is 0 Å². The van der Waals surface area contributed by atoms with Gasteiger partial charge in [-0.15, -0.1) is 0 Å². The Kier molecular flexibility index (Phi) is 5.74. The summed E-state index contributed by atoms with van der Waals surface area (Å²) in [6.07, 6.45) is 0. The van der Waals surface area contributed by atoms with Crippen LogP contribution in [0.25, 0.3) is 0 Å². The van der Waals surface area contributed by atoms with Crippen molar-refractivity contribution < 1.29 is 9.47 Å². The highest BCUT2D eigenvalue weighted by Gasteiger charge is 2.17. The molecule has 0 aliphatic rings. The number of hydrogen-bond donors (Lipinski definition) is 1. The van der Waals surface area contributed by atoms with Crippen molar-refractivity contribution in [2.24, 2.45) is 0 Å². The van der Waals surface area contributed by atoms with Crippen molar-refractivity contribution in [1.82, 2.24) is 0 Å². The third kappa shape index (κ3) is 4.14. The fourth-order valence-electron chi connectivity index (χ4n) is 2.68. The van der Waals surface area contributed by atoms with E-state index < -0.39 is 6.04 Å². The van der Waals surface area contributed by atoms with Gasteiger partial charge in [0, 0.05) is 5.56 Å². The van der Waals surface area contributed by atoms with E-state index in [2.05, 4.69) is 11.4 Å². The zero-order valence-electron chi connectivity index (χ0n) is 14.6.